The first-order valence-corrected chi connectivity index (χ1v) is 12.7. The van der Waals surface area contributed by atoms with E-state index in [0.29, 0.717) is 0 Å². The summed E-state index contributed by atoms with van der Waals surface area (Å²) in [4.78, 5) is 4.47. The van der Waals surface area contributed by atoms with Crippen molar-refractivity contribution >= 4 is 49.3 Å². The van der Waals surface area contributed by atoms with Crippen molar-refractivity contribution in [2.24, 2.45) is 4.99 Å². The third-order valence-corrected chi connectivity index (χ3v) is 7.76. The molecule has 6 aromatic rings. The second kappa shape index (κ2) is 8.36. The van der Waals surface area contributed by atoms with E-state index < -0.39 is 0 Å². The fraction of sp³-hybridized carbons (Fsp3) is 0.147. The molecule has 0 spiro atoms. The van der Waals surface area contributed by atoms with Gasteiger partial charge in [-0.05, 0) is 91.5 Å². The second-order valence-corrected chi connectivity index (χ2v) is 9.78. The van der Waals surface area contributed by atoms with Crippen LogP contribution in [-0.4, -0.2) is 6.21 Å². The van der Waals surface area contributed by atoms with E-state index in [1.54, 1.807) is 11.1 Å². The minimum Gasteiger partial charge on any atom is -0.288 e. The first-order valence-electron chi connectivity index (χ1n) is 12.7. The van der Waals surface area contributed by atoms with E-state index in [9.17, 15) is 0 Å². The molecular formula is C34H27N. The number of hydrogen-bond donors (Lipinski definition) is 0. The Labute approximate surface area is 205 Å². The van der Waals surface area contributed by atoms with Gasteiger partial charge in [0.1, 0.15) is 0 Å². The third-order valence-electron chi connectivity index (χ3n) is 7.76. The fourth-order valence-electron chi connectivity index (χ4n) is 6.11. The molecule has 0 amide bonds. The average Bonchev–Trinajstić information content (AvgIpc) is 2.93. The molecular weight excluding hydrogens is 422 g/mol. The first kappa shape index (κ1) is 20.4. The number of aryl methyl sites for hydroxylation is 2. The van der Waals surface area contributed by atoms with Crippen molar-refractivity contribution in [1.29, 1.82) is 0 Å². The summed E-state index contributed by atoms with van der Waals surface area (Å²) >= 11 is 0. The van der Waals surface area contributed by atoms with Gasteiger partial charge in [-0.15, -0.1) is 0 Å². The first-order chi connectivity index (χ1) is 17.4. The molecule has 1 heteroatoms. The monoisotopic (exact) mass is 449 g/mol. The largest absolute Gasteiger partial charge is 0.288 e. The van der Waals surface area contributed by atoms with Gasteiger partial charge in [0.25, 0.3) is 0 Å². The summed E-state index contributed by atoms with van der Waals surface area (Å²) in [6.45, 7) is 0.800. The van der Waals surface area contributed by atoms with Crippen molar-refractivity contribution in [1.82, 2.24) is 0 Å². The van der Waals surface area contributed by atoms with Crippen LogP contribution in [0.4, 0.5) is 0 Å². The molecule has 0 aromatic heterocycles. The maximum atomic E-state index is 4.47. The van der Waals surface area contributed by atoms with Crippen molar-refractivity contribution < 1.29 is 0 Å². The van der Waals surface area contributed by atoms with E-state index in [-0.39, 0.29) is 0 Å². The van der Waals surface area contributed by atoms with Crippen LogP contribution in [0.15, 0.2) is 102 Å². The summed E-state index contributed by atoms with van der Waals surface area (Å²) in [6.07, 6.45) is 7.21. The Morgan fingerprint density at radius 3 is 2.23 bits per heavy atom. The third kappa shape index (κ3) is 3.42. The van der Waals surface area contributed by atoms with Crippen molar-refractivity contribution in [3.8, 4) is 0 Å². The standard InChI is InChI=1S/C18H16.C16H11N/c1-3-7-15-13(5-1)9-11-18-16-8-4-2-6-14(16)10-12-17(15)18;1-2-7-14-11(4-1)8-12-5-3-6-13-9-17-10-15(14)16(12)13/h1,3,5,7,9-12H,2,4,6,8H2;1-9H,10H2. The molecule has 1 aliphatic carbocycles. The van der Waals surface area contributed by atoms with E-state index in [0.717, 1.165) is 6.54 Å². The molecule has 0 saturated heterocycles. The molecule has 0 radical (unpaired) electrons. The summed E-state index contributed by atoms with van der Waals surface area (Å²) in [6, 6.07) is 35.2. The fourth-order valence-corrected chi connectivity index (χ4v) is 6.11. The van der Waals surface area contributed by atoms with Crippen LogP contribution in [0.3, 0.4) is 0 Å². The lowest BCUT2D eigenvalue weighted by atomic mass is 9.86. The SMILES string of the molecule is C1=NCc2c3ccccc3cc3cccc1c23.c1ccc2c(c1)ccc1c3c(ccc12)CCCC3. The van der Waals surface area contributed by atoms with E-state index in [2.05, 4.69) is 102 Å². The van der Waals surface area contributed by atoms with E-state index >= 15 is 0 Å². The van der Waals surface area contributed by atoms with Gasteiger partial charge in [-0.3, -0.25) is 4.99 Å². The Morgan fingerprint density at radius 2 is 1.29 bits per heavy atom. The molecule has 0 N–H and O–H groups in total. The van der Waals surface area contributed by atoms with Crippen LogP contribution in [0, 0.1) is 0 Å². The zero-order chi connectivity index (χ0) is 23.2. The minimum atomic E-state index is 0.800. The quantitative estimate of drug-likeness (QED) is 0.162. The van der Waals surface area contributed by atoms with Gasteiger partial charge < -0.3 is 0 Å². The summed E-state index contributed by atoms with van der Waals surface area (Å²) in [7, 11) is 0. The summed E-state index contributed by atoms with van der Waals surface area (Å²) in [5.41, 5.74) is 5.79. The maximum Gasteiger partial charge on any atom is 0.0652 e. The number of nitrogens with zero attached hydrogens (tertiary/aromatic N) is 1. The van der Waals surface area contributed by atoms with Crippen LogP contribution in [0.25, 0.3) is 43.1 Å². The van der Waals surface area contributed by atoms with Gasteiger partial charge in [0.2, 0.25) is 0 Å². The van der Waals surface area contributed by atoms with E-state index in [1.165, 1.54) is 79.9 Å². The molecule has 8 rings (SSSR count). The topological polar surface area (TPSA) is 12.4 Å². The van der Waals surface area contributed by atoms with Crippen molar-refractivity contribution in [2.75, 3.05) is 0 Å². The Balaban J connectivity index is 0.000000120. The molecule has 1 aliphatic heterocycles. The maximum absolute atomic E-state index is 4.47. The Morgan fingerprint density at radius 1 is 0.514 bits per heavy atom. The van der Waals surface area contributed by atoms with Crippen LogP contribution in [-0.2, 0) is 19.4 Å². The lowest BCUT2D eigenvalue weighted by Gasteiger charge is -2.18. The molecule has 35 heavy (non-hydrogen) atoms. The van der Waals surface area contributed by atoms with Crippen LogP contribution in [0.1, 0.15) is 35.1 Å². The Kier molecular flexibility index (Phi) is 4.87. The molecule has 0 saturated carbocycles. The number of rotatable bonds is 0. The molecule has 1 heterocycles. The molecule has 168 valence electrons. The lowest BCUT2D eigenvalue weighted by molar-refractivity contribution is 0.690. The molecule has 0 fully saturated rings. The minimum absolute atomic E-state index is 0.800. The van der Waals surface area contributed by atoms with Crippen molar-refractivity contribution in [2.45, 2.75) is 32.2 Å². The van der Waals surface area contributed by atoms with Crippen LogP contribution < -0.4 is 0 Å². The van der Waals surface area contributed by atoms with Gasteiger partial charge in [0.15, 0.2) is 0 Å². The zero-order valence-electron chi connectivity index (χ0n) is 19.8. The summed E-state index contributed by atoms with van der Waals surface area (Å²) < 4.78 is 0. The van der Waals surface area contributed by atoms with Gasteiger partial charge in [-0.25, -0.2) is 0 Å². The zero-order valence-corrected chi connectivity index (χ0v) is 19.8. The Bertz CT molecular complexity index is 1770. The van der Waals surface area contributed by atoms with Gasteiger partial charge in [0.05, 0.1) is 6.54 Å². The molecule has 6 aromatic carbocycles. The predicted molar refractivity (Wildman–Crippen MR) is 151 cm³/mol. The highest BCUT2D eigenvalue weighted by Gasteiger charge is 2.14. The highest BCUT2D eigenvalue weighted by atomic mass is 14.7. The normalized spacial score (nSPS) is 14.2. The molecule has 0 unspecified atom stereocenters. The predicted octanol–water partition coefficient (Wildman–Crippen LogP) is 8.80. The molecule has 0 bridgehead atoms. The smallest absolute Gasteiger partial charge is 0.0652 e. The Hall–Kier alpha value is -3.97. The lowest BCUT2D eigenvalue weighted by Crippen LogP contribution is -2.02. The highest BCUT2D eigenvalue weighted by Crippen LogP contribution is 2.34. The van der Waals surface area contributed by atoms with Crippen LogP contribution in [0.5, 0.6) is 0 Å². The van der Waals surface area contributed by atoms with Crippen molar-refractivity contribution in [3.63, 3.8) is 0 Å². The van der Waals surface area contributed by atoms with E-state index in [4.69, 9.17) is 0 Å². The van der Waals surface area contributed by atoms with E-state index in [1.807, 2.05) is 6.21 Å². The summed E-state index contributed by atoms with van der Waals surface area (Å²) in [5.74, 6) is 0. The van der Waals surface area contributed by atoms with Crippen molar-refractivity contribution in [3.05, 3.63) is 119 Å². The van der Waals surface area contributed by atoms with Gasteiger partial charge in [-0.1, -0.05) is 91.0 Å². The average molecular weight is 450 g/mol. The van der Waals surface area contributed by atoms with Crippen LogP contribution >= 0.6 is 0 Å². The van der Waals surface area contributed by atoms with Gasteiger partial charge in [0, 0.05) is 11.8 Å². The molecule has 2 aliphatic rings. The van der Waals surface area contributed by atoms with Crippen LogP contribution in [0.2, 0.25) is 0 Å². The second-order valence-electron chi connectivity index (χ2n) is 9.78. The summed E-state index contributed by atoms with van der Waals surface area (Å²) in [5, 5.41) is 11.0. The molecule has 1 nitrogen and oxygen atoms in total. The number of fused-ring (bicyclic) bond motifs is 7. The number of benzene rings is 6. The highest BCUT2D eigenvalue weighted by molar-refractivity contribution is 6.10. The van der Waals surface area contributed by atoms with Gasteiger partial charge in [-0.2, -0.15) is 0 Å². The molecule has 0 atom stereocenters. The number of aliphatic imine (C=N–C) groups is 1. The number of hydrogen-bond acceptors (Lipinski definition) is 1. The van der Waals surface area contributed by atoms with Gasteiger partial charge >= 0.3 is 0 Å².